The standard InChI is InChI=1S/C31H35F3N6O4/c32-31(33,34)30-37-27(38-39-30)23-12-4-5-17-44-22-11-6-10-21(18-22)19-25(40-16-7-13-26(40)41)29(43)36-24(28(42)35-23)15-14-20-8-2-1-3-9-20/h1-3,6,8-11,18,23-25H,4-5,7,12-17,19H2,(H,35,42)(H,36,43)(H,37,38,39)/t23-,24-,25-/m0/s1. The van der Waals surface area contributed by atoms with E-state index in [1.54, 1.807) is 11.0 Å². The van der Waals surface area contributed by atoms with Crippen LogP contribution in [0, 0.1) is 0 Å². The second-order valence-electron chi connectivity index (χ2n) is 11.1. The number of H-pyrrole nitrogens is 1. The summed E-state index contributed by atoms with van der Waals surface area (Å²) in [6, 6.07) is 14.0. The molecule has 1 saturated heterocycles. The quantitative estimate of drug-likeness (QED) is 0.401. The molecule has 2 aliphatic rings. The molecular formula is C31H35F3N6O4. The topological polar surface area (TPSA) is 129 Å². The molecule has 1 aromatic heterocycles. The number of nitrogens with zero attached hydrogens (tertiary/aromatic N) is 3. The summed E-state index contributed by atoms with van der Waals surface area (Å²) in [6.07, 6.45) is -1.56. The zero-order chi connectivity index (χ0) is 31.1. The predicted octanol–water partition coefficient (Wildman–Crippen LogP) is 3.89. The third-order valence-corrected chi connectivity index (χ3v) is 7.87. The molecule has 234 valence electrons. The minimum absolute atomic E-state index is 0.130. The number of hydrogen-bond donors (Lipinski definition) is 3. The molecule has 0 spiro atoms. The van der Waals surface area contributed by atoms with Crippen LogP contribution in [0.15, 0.2) is 54.6 Å². The van der Waals surface area contributed by atoms with Crippen molar-refractivity contribution < 1.29 is 32.3 Å². The lowest BCUT2D eigenvalue weighted by atomic mass is 10.0. The Morgan fingerprint density at radius 1 is 0.955 bits per heavy atom. The molecule has 3 atom stereocenters. The molecule has 0 aliphatic carbocycles. The third kappa shape index (κ3) is 7.94. The number of aryl methyl sites for hydroxylation is 1. The molecule has 3 N–H and O–H groups in total. The lowest BCUT2D eigenvalue weighted by Crippen LogP contribution is -2.55. The summed E-state index contributed by atoms with van der Waals surface area (Å²) in [5.41, 5.74) is 1.76. The Balaban J connectivity index is 1.46. The number of benzene rings is 2. The summed E-state index contributed by atoms with van der Waals surface area (Å²) in [5.74, 6) is -2.04. The van der Waals surface area contributed by atoms with Crippen molar-refractivity contribution >= 4 is 17.7 Å². The van der Waals surface area contributed by atoms with Crippen LogP contribution >= 0.6 is 0 Å². The number of halogens is 3. The van der Waals surface area contributed by atoms with Gasteiger partial charge < -0.3 is 20.3 Å². The van der Waals surface area contributed by atoms with Crippen LogP contribution in [0.2, 0.25) is 0 Å². The molecule has 2 aliphatic heterocycles. The zero-order valence-corrected chi connectivity index (χ0v) is 24.1. The number of nitrogens with one attached hydrogen (secondary N) is 3. The Hall–Kier alpha value is -4.42. The van der Waals surface area contributed by atoms with Gasteiger partial charge in [-0.25, -0.2) is 4.98 Å². The number of fused-ring (bicyclic) bond motifs is 2. The second-order valence-corrected chi connectivity index (χ2v) is 11.1. The first-order chi connectivity index (χ1) is 21.2. The fourth-order valence-corrected chi connectivity index (χ4v) is 5.57. The molecule has 2 aromatic carbocycles. The summed E-state index contributed by atoms with van der Waals surface area (Å²) in [7, 11) is 0. The smallest absolute Gasteiger partial charge is 0.453 e. The first-order valence-electron chi connectivity index (χ1n) is 14.8. The summed E-state index contributed by atoms with van der Waals surface area (Å²) >= 11 is 0. The monoisotopic (exact) mass is 612 g/mol. The first kappa shape index (κ1) is 31.0. The van der Waals surface area contributed by atoms with Crippen LogP contribution in [-0.2, 0) is 33.4 Å². The molecule has 44 heavy (non-hydrogen) atoms. The van der Waals surface area contributed by atoms with Gasteiger partial charge in [0.15, 0.2) is 0 Å². The number of alkyl halides is 3. The van der Waals surface area contributed by atoms with E-state index >= 15 is 0 Å². The van der Waals surface area contributed by atoms with Gasteiger partial charge in [-0.05, 0) is 61.8 Å². The lowest BCUT2D eigenvalue weighted by Gasteiger charge is -2.30. The molecule has 0 radical (unpaired) electrons. The third-order valence-electron chi connectivity index (χ3n) is 7.87. The van der Waals surface area contributed by atoms with Gasteiger partial charge in [0.1, 0.15) is 23.7 Å². The van der Waals surface area contributed by atoms with Crippen molar-refractivity contribution in [1.29, 1.82) is 0 Å². The Morgan fingerprint density at radius 2 is 1.77 bits per heavy atom. The number of hydrogen-bond acceptors (Lipinski definition) is 6. The molecule has 13 heteroatoms. The van der Waals surface area contributed by atoms with Gasteiger partial charge in [0.05, 0.1) is 12.6 Å². The van der Waals surface area contributed by atoms with Crippen molar-refractivity contribution in [2.75, 3.05) is 13.2 Å². The Kier molecular flexibility index (Phi) is 9.81. The zero-order valence-electron chi connectivity index (χ0n) is 24.1. The number of aromatic amines is 1. The molecule has 3 amide bonds. The van der Waals surface area contributed by atoms with Crippen molar-refractivity contribution in [1.82, 2.24) is 30.7 Å². The Labute approximate surface area is 252 Å². The minimum Gasteiger partial charge on any atom is -0.494 e. The van der Waals surface area contributed by atoms with Crippen LogP contribution in [0.1, 0.15) is 67.3 Å². The average Bonchev–Trinajstić information content (AvgIpc) is 3.67. The molecular weight excluding hydrogens is 577 g/mol. The molecule has 5 rings (SSSR count). The minimum atomic E-state index is -4.76. The number of carbonyl (C=O) groups excluding carboxylic acids is 3. The van der Waals surface area contributed by atoms with Crippen LogP contribution < -0.4 is 15.4 Å². The van der Waals surface area contributed by atoms with Crippen molar-refractivity contribution in [3.8, 4) is 5.75 Å². The number of likely N-dealkylation sites (tertiary alicyclic amines) is 1. The SMILES string of the molecule is O=C1N[C@H](c2nc(C(F)(F)F)n[nH]2)CCCCOc2cccc(c2)C[C@H](N2CCCC2=O)C(=O)N[C@H]1CCc1ccccc1. The molecule has 1 fully saturated rings. The molecule has 3 aromatic rings. The first-order valence-corrected chi connectivity index (χ1v) is 14.8. The van der Waals surface area contributed by atoms with E-state index in [9.17, 15) is 27.6 Å². The molecule has 3 heterocycles. The summed E-state index contributed by atoms with van der Waals surface area (Å²) in [6.45, 7) is 0.756. The summed E-state index contributed by atoms with van der Waals surface area (Å²) in [4.78, 5) is 45.6. The van der Waals surface area contributed by atoms with E-state index in [2.05, 4.69) is 25.8 Å². The van der Waals surface area contributed by atoms with E-state index in [-0.39, 0.29) is 31.0 Å². The van der Waals surface area contributed by atoms with Crippen LogP contribution in [0.25, 0.3) is 0 Å². The maximum atomic E-state index is 13.9. The van der Waals surface area contributed by atoms with Crippen LogP contribution in [0.4, 0.5) is 13.2 Å². The fourth-order valence-electron chi connectivity index (χ4n) is 5.57. The van der Waals surface area contributed by atoms with Gasteiger partial charge in [-0.2, -0.15) is 13.2 Å². The van der Waals surface area contributed by atoms with Gasteiger partial charge in [-0.3, -0.25) is 19.5 Å². The van der Waals surface area contributed by atoms with Crippen molar-refractivity contribution in [3.05, 3.63) is 77.4 Å². The highest BCUT2D eigenvalue weighted by Crippen LogP contribution is 2.28. The van der Waals surface area contributed by atoms with E-state index < -0.39 is 41.9 Å². The van der Waals surface area contributed by atoms with Gasteiger partial charge in [-0.15, -0.1) is 5.10 Å². The van der Waals surface area contributed by atoms with E-state index in [0.29, 0.717) is 51.0 Å². The number of amides is 3. The van der Waals surface area contributed by atoms with Crippen LogP contribution in [-0.4, -0.2) is 63.0 Å². The van der Waals surface area contributed by atoms with E-state index in [4.69, 9.17) is 4.74 Å². The normalized spacial score (nSPS) is 22.3. The van der Waals surface area contributed by atoms with Crippen LogP contribution in [0.5, 0.6) is 5.75 Å². The largest absolute Gasteiger partial charge is 0.494 e. The highest BCUT2D eigenvalue weighted by atomic mass is 19.4. The van der Waals surface area contributed by atoms with Gasteiger partial charge >= 0.3 is 6.18 Å². The lowest BCUT2D eigenvalue weighted by molar-refractivity contribution is -0.144. The van der Waals surface area contributed by atoms with E-state index in [1.165, 1.54) is 0 Å². The van der Waals surface area contributed by atoms with Crippen molar-refractivity contribution in [2.24, 2.45) is 0 Å². The molecule has 0 unspecified atom stereocenters. The molecule has 10 nitrogen and oxygen atoms in total. The Morgan fingerprint density at radius 3 is 2.50 bits per heavy atom. The van der Waals surface area contributed by atoms with Crippen molar-refractivity contribution in [3.63, 3.8) is 0 Å². The van der Waals surface area contributed by atoms with E-state index in [1.807, 2.05) is 48.5 Å². The van der Waals surface area contributed by atoms with Crippen LogP contribution in [0.3, 0.4) is 0 Å². The van der Waals surface area contributed by atoms with E-state index in [0.717, 1.165) is 11.1 Å². The maximum Gasteiger partial charge on any atom is 0.453 e. The number of rotatable bonds is 5. The van der Waals surface area contributed by atoms with Gasteiger partial charge in [0.25, 0.3) is 5.82 Å². The fraction of sp³-hybridized carbons (Fsp3) is 0.452. The molecule has 2 bridgehead atoms. The predicted molar refractivity (Wildman–Crippen MR) is 153 cm³/mol. The number of aromatic nitrogens is 3. The number of carbonyl (C=O) groups is 3. The van der Waals surface area contributed by atoms with Crippen molar-refractivity contribution in [2.45, 2.75) is 75.7 Å². The highest BCUT2D eigenvalue weighted by Gasteiger charge is 2.38. The maximum absolute atomic E-state index is 13.9. The van der Waals surface area contributed by atoms with Gasteiger partial charge in [-0.1, -0.05) is 42.5 Å². The van der Waals surface area contributed by atoms with Gasteiger partial charge in [0.2, 0.25) is 17.7 Å². The average molecular weight is 613 g/mol. The Bertz CT molecular complexity index is 1450. The molecule has 0 saturated carbocycles. The number of ether oxygens (including phenoxy) is 1. The summed E-state index contributed by atoms with van der Waals surface area (Å²) < 4.78 is 45.8. The second kappa shape index (κ2) is 13.9. The highest BCUT2D eigenvalue weighted by molar-refractivity contribution is 5.92. The van der Waals surface area contributed by atoms with Gasteiger partial charge in [0, 0.05) is 19.4 Å². The summed E-state index contributed by atoms with van der Waals surface area (Å²) in [5, 5.41) is 11.3.